The maximum atomic E-state index is 13.6. The zero-order valence-electron chi connectivity index (χ0n) is 11.2. The van der Waals surface area contributed by atoms with Crippen molar-refractivity contribution in [2.45, 2.75) is 13.0 Å². The molecule has 0 radical (unpaired) electrons. The lowest BCUT2D eigenvalue weighted by Crippen LogP contribution is -2.34. The Kier molecular flexibility index (Phi) is 3.21. The summed E-state index contributed by atoms with van der Waals surface area (Å²) in [5.74, 6) is -0.309. The number of hydrogen-bond acceptors (Lipinski definition) is 3. The molecular formula is C15H13F2N3O. The van der Waals surface area contributed by atoms with Gasteiger partial charge in [0, 0.05) is 17.8 Å². The number of hydrogen-bond donors (Lipinski definition) is 2. The quantitative estimate of drug-likeness (QED) is 0.790. The maximum Gasteiger partial charge on any atom is 0.153 e. The van der Waals surface area contributed by atoms with E-state index in [0.29, 0.717) is 23.0 Å². The molecule has 0 aliphatic carbocycles. The van der Waals surface area contributed by atoms with Crippen molar-refractivity contribution in [1.29, 1.82) is 0 Å². The number of nitrogens with zero attached hydrogens (tertiary/aromatic N) is 1. The highest BCUT2D eigenvalue weighted by molar-refractivity contribution is 6.03. The summed E-state index contributed by atoms with van der Waals surface area (Å²) in [6, 6.07) is 8.42. The molecule has 0 saturated carbocycles. The number of nitrogens with two attached hydrogens (primary N) is 1. The highest BCUT2D eigenvalue weighted by Crippen LogP contribution is 2.32. The molecule has 108 valence electrons. The number of fused-ring (bicyclic) bond motifs is 1. The minimum Gasteiger partial charge on any atom is -0.481 e. The van der Waals surface area contributed by atoms with Gasteiger partial charge in [0.05, 0.1) is 5.69 Å². The Hall–Kier alpha value is -2.63. The van der Waals surface area contributed by atoms with Gasteiger partial charge in [0.15, 0.2) is 11.9 Å². The van der Waals surface area contributed by atoms with Gasteiger partial charge >= 0.3 is 0 Å². The summed E-state index contributed by atoms with van der Waals surface area (Å²) in [7, 11) is 0. The standard InChI is InChI=1S/C15H13F2N3O/c1-8-15(19-12-4-2-9(16)6-11(12)17)20-13-5-3-10(18)7-14(13)21-8/h2-8H,18H2,1H3,(H,19,20). The fourth-order valence-electron chi connectivity index (χ4n) is 2.05. The van der Waals surface area contributed by atoms with Crippen LogP contribution >= 0.6 is 0 Å². The monoisotopic (exact) mass is 289 g/mol. The van der Waals surface area contributed by atoms with E-state index < -0.39 is 17.7 Å². The molecule has 0 fully saturated rings. The largest absolute Gasteiger partial charge is 0.481 e. The van der Waals surface area contributed by atoms with Gasteiger partial charge in [-0.3, -0.25) is 0 Å². The number of amidine groups is 1. The van der Waals surface area contributed by atoms with Crippen molar-refractivity contribution in [2.75, 3.05) is 11.1 Å². The second-order valence-corrected chi connectivity index (χ2v) is 4.73. The van der Waals surface area contributed by atoms with Crippen molar-refractivity contribution in [3.8, 4) is 5.75 Å². The van der Waals surface area contributed by atoms with Crippen LogP contribution in [-0.2, 0) is 0 Å². The normalized spacial score (nSPS) is 18.8. The molecule has 6 heteroatoms. The van der Waals surface area contributed by atoms with Crippen LogP contribution in [0.1, 0.15) is 6.92 Å². The SMILES string of the molecule is CC1Oc2cc(N)ccc2NC1=Nc1ccc(F)cc1F. The molecule has 1 aliphatic rings. The van der Waals surface area contributed by atoms with E-state index in [1.807, 2.05) is 0 Å². The number of aliphatic imine (C=N–C) groups is 1. The Morgan fingerprint density at radius 2 is 2.00 bits per heavy atom. The first-order valence-corrected chi connectivity index (χ1v) is 6.40. The van der Waals surface area contributed by atoms with Crippen molar-refractivity contribution in [3.63, 3.8) is 0 Å². The van der Waals surface area contributed by atoms with Crippen LogP contribution in [0.3, 0.4) is 0 Å². The summed E-state index contributed by atoms with van der Waals surface area (Å²) in [6.45, 7) is 1.78. The highest BCUT2D eigenvalue weighted by atomic mass is 19.1. The molecular weight excluding hydrogens is 276 g/mol. The number of benzene rings is 2. The Labute approximate surface area is 120 Å². The predicted octanol–water partition coefficient (Wildman–Crippen LogP) is 3.47. The summed E-state index contributed by atoms with van der Waals surface area (Å²) < 4.78 is 32.2. The summed E-state index contributed by atoms with van der Waals surface area (Å²) in [6.07, 6.45) is -0.399. The Bertz CT molecular complexity index is 731. The van der Waals surface area contributed by atoms with Gasteiger partial charge < -0.3 is 15.8 Å². The molecule has 1 atom stereocenters. The molecule has 4 nitrogen and oxygen atoms in total. The number of nitrogen functional groups attached to an aromatic ring is 1. The van der Waals surface area contributed by atoms with E-state index in [1.54, 1.807) is 25.1 Å². The molecule has 0 saturated heterocycles. The minimum atomic E-state index is -0.723. The highest BCUT2D eigenvalue weighted by Gasteiger charge is 2.22. The van der Waals surface area contributed by atoms with Gasteiger partial charge in [-0.15, -0.1) is 0 Å². The number of ether oxygens (including phenoxy) is 1. The lowest BCUT2D eigenvalue weighted by molar-refractivity contribution is 0.283. The van der Waals surface area contributed by atoms with Crippen LogP contribution in [0.15, 0.2) is 41.4 Å². The molecule has 1 aliphatic heterocycles. The molecule has 0 amide bonds. The van der Waals surface area contributed by atoms with E-state index in [0.717, 1.165) is 12.1 Å². The van der Waals surface area contributed by atoms with Gasteiger partial charge in [0.25, 0.3) is 0 Å². The molecule has 0 spiro atoms. The Balaban J connectivity index is 1.96. The lowest BCUT2D eigenvalue weighted by Gasteiger charge is -2.26. The van der Waals surface area contributed by atoms with E-state index in [9.17, 15) is 8.78 Å². The molecule has 0 bridgehead atoms. The molecule has 3 rings (SSSR count). The molecule has 2 aromatic rings. The summed E-state index contributed by atoms with van der Waals surface area (Å²) in [4.78, 5) is 4.17. The lowest BCUT2D eigenvalue weighted by atomic mass is 10.2. The van der Waals surface area contributed by atoms with Gasteiger partial charge in [0.2, 0.25) is 0 Å². The predicted molar refractivity (Wildman–Crippen MR) is 78.0 cm³/mol. The van der Waals surface area contributed by atoms with Crippen molar-refractivity contribution >= 4 is 22.9 Å². The van der Waals surface area contributed by atoms with Crippen LogP contribution in [0.5, 0.6) is 5.75 Å². The van der Waals surface area contributed by atoms with E-state index in [4.69, 9.17) is 10.5 Å². The van der Waals surface area contributed by atoms with Crippen LogP contribution in [0.25, 0.3) is 0 Å². The molecule has 21 heavy (non-hydrogen) atoms. The maximum absolute atomic E-state index is 13.6. The minimum absolute atomic E-state index is 0.0493. The Morgan fingerprint density at radius 3 is 2.76 bits per heavy atom. The smallest absolute Gasteiger partial charge is 0.153 e. The fraction of sp³-hybridized carbons (Fsp3) is 0.133. The topological polar surface area (TPSA) is 59.6 Å². The van der Waals surface area contributed by atoms with Crippen LogP contribution in [0.4, 0.5) is 25.8 Å². The summed E-state index contributed by atoms with van der Waals surface area (Å²) >= 11 is 0. The zero-order valence-corrected chi connectivity index (χ0v) is 11.2. The first-order chi connectivity index (χ1) is 10.0. The van der Waals surface area contributed by atoms with E-state index >= 15 is 0 Å². The molecule has 1 heterocycles. The third-order valence-corrected chi connectivity index (χ3v) is 3.11. The average molecular weight is 289 g/mol. The summed E-state index contributed by atoms with van der Waals surface area (Å²) in [5, 5.41) is 3.07. The van der Waals surface area contributed by atoms with E-state index in [-0.39, 0.29) is 5.69 Å². The first-order valence-electron chi connectivity index (χ1n) is 6.40. The zero-order chi connectivity index (χ0) is 15.0. The number of anilines is 2. The molecule has 1 unspecified atom stereocenters. The van der Waals surface area contributed by atoms with Crippen molar-refractivity contribution < 1.29 is 13.5 Å². The molecule has 0 aromatic heterocycles. The van der Waals surface area contributed by atoms with Crippen LogP contribution in [0, 0.1) is 11.6 Å². The second kappa shape index (κ2) is 5.05. The van der Waals surface area contributed by atoms with Crippen molar-refractivity contribution in [1.82, 2.24) is 0 Å². The van der Waals surface area contributed by atoms with Gasteiger partial charge in [-0.2, -0.15) is 0 Å². The van der Waals surface area contributed by atoms with Gasteiger partial charge in [-0.25, -0.2) is 13.8 Å². The van der Waals surface area contributed by atoms with Gasteiger partial charge in [-0.05, 0) is 31.2 Å². The fourth-order valence-corrected chi connectivity index (χ4v) is 2.05. The first kappa shape index (κ1) is 13.4. The number of rotatable bonds is 1. The average Bonchev–Trinajstić information content (AvgIpc) is 2.42. The van der Waals surface area contributed by atoms with E-state index in [2.05, 4.69) is 10.3 Å². The van der Waals surface area contributed by atoms with Crippen LogP contribution in [-0.4, -0.2) is 11.9 Å². The second-order valence-electron chi connectivity index (χ2n) is 4.73. The summed E-state index contributed by atoms with van der Waals surface area (Å²) in [5.41, 5.74) is 7.03. The number of halogens is 2. The van der Waals surface area contributed by atoms with Gasteiger partial charge in [0.1, 0.15) is 23.1 Å². The van der Waals surface area contributed by atoms with Crippen LogP contribution < -0.4 is 15.8 Å². The molecule has 2 aromatic carbocycles. The third kappa shape index (κ3) is 2.65. The van der Waals surface area contributed by atoms with E-state index in [1.165, 1.54) is 6.07 Å². The number of nitrogens with one attached hydrogen (secondary N) is 1. The van der Waals surface area contributed by atoms with Crippen LogP contribution in [0.2, 0.25) is 0 Å². The third-order valence-electron chi connectivity index (χ3n) is 3.11. The Morgan fingerprint density at radius 1 is 1.19 bits per heavy atom. The van der Waals surface area contributed by atoms with Gasteiger partial charge in [-0.1, -0.05) is 0 Å². The van der Waals surface area contributed by atoms with Crippen molar-refractivity contribution in [2.24, 2.45) is 4.99 Å². The molecule has 3 N–H and O–H groups in total. The van der Waals surface area contributed by atoms with Crippen molar-refractivity contribution in [3.05, 3.63) is 48.0 Å².